The van der Waals surface area contributed by atoms with Crippen molar-refractivity contribution in [3.05, 3.63) is 71.5 Å². The Balaban J connectivity index is 1.51. The predicted octanol–water partition coefficient (Wildman–Crippen LogP) is 5.18. The highest BCUT2D eigenvalue weighted by Gasteiger charge is 2.14. The van der Waals surface area contributed by atoms with Gasteiger partial charge in [-0.1, -0.05) is 29.4 Å². The van der Waals surface area contributed by atoms with E-state index in [2.05, 4.69) is 22.1 Å². The van der Waals surface area contributed by atoms with Gasteiger partial charge in [-0.25, -0.2) is 0 Å². The van der Waals surface area contributed by atoms with E-state index < -0.39 is 0 Å². The lowest BCUT2D eigenvalue weighted by Crippen LogP contribution is -2.14. The number of halogens is 1. The Kier molecular flexibility index (Phi) is 9.21. The maximum Gasteiger partial charge on any atom is 0.234 e. The van der Waals surface area contributed by atoms with Crippen LogP contribution in [0.25, 0.3) is 0 Å². The molecular formula is C24H27ClN4O3S. The van der Waals surface area contributed by atoms with Crippen LogP contribution in [0.1, 0.15) is 17.8 Å². The summed E-state index contributed by atoms with van der Waals surface area (Å²) >= 11 is 7.33. The Morgan fingerprint density at radius 3 is 2.73 bits per heavy atom. The molecule has 0 unspecified atom stereocenters. The fourth-order valence-electron chi connectivity index (χ4n) is 3.11. The molecule has 0 saturated carbocycles. The van der Waals surface area contributed by atoms with Crippen LogP contribution in [0.4, 0.5) is 5.69 Å². The summed E-state index contributed by atoms with van der Waals surface area (Å²) in [5.41, 5.74) is 1.72. The summed E-state index contributed by atoms with van der Waals surface area (Å²) in [4.78, 5) is 12.3. The minimum atomic E-state index is -0.119. The van der Waals surface area contributed by atoms with Gasteiger partial charge in [0.1, 0.15) is 17.3 Å². The second-order valence-corrected chi connectivity index (χ2v) is 8.60. The van der Waals surface area contributed by atoms with E-state index in [4.69, 9.17) is 21.1 Å². The fourth-order valence-corrected chi connectivity index (χ4v) is 4.11. The number of anilines is 1. The summed E-state index contributed by atoms with van der Waals surface area (Å²) < 4.78 is 13.0. The zero-order valence-electron chi connectivity index (χ0n) is 18.7. The van der Waals surface area contributed by atoms with E-state index in [9.17, 15) is 4.79 Å². The Hall–Kier alpha value is -2.97. The third-order valence-corrected chi connectivity index (χ3v) is 5.95. The summed E-state index contributed by atoms with van der Waals surface area (Å²) in [6.45, 7) is 6.92. The average Bonchev–Trinajstić information content (AvgIpc) is 3.18. The van der Waals surface area contributed by atoms with E-state index in [0.717, 1.165) is 29.3 Å². The number of hydrogen-bond acceptors (Lipinski definition) is 6. The highest BCUT2D eigenvalue weighted by atomic mass is 35.5. The number of aromatic nitrogens is 3. The van der Waals surface area contributed by atoms with E-state index in [1.165, 1.54) is 11.8 Å². The van der Waals surface area contributed by atoms with Gasteiger partial charge in [-0.15, -0.1) is 16.8 Å². The van der Waals surface area contributed by atoms with Crippen molar-refractivity contribution in [2.75, 3.05) is 24.8 Å². The van der Waals surface area contributed by atoms with Gasteiger partial charge in [0.15, 0.2) is 5.16 Å². The van der Waals surface area contributed by atoms with E-state index in [-0.39, 0.29) is 11.7 Å². The number of allylic oxidation sites excluding steroid dienone is 1. The quantitative estimate of drug-likeness (QED) is 0.216. The lowest BCUT2D eigenvalue weighted by Gasteiger charge is -2.10. The summed E-state index contributed by atoms with van der Waals surface area (Å²) in [6, 6.07) is 12.8. The monoisotopic (exact) mass is 486 g/mol. The molecule has 0 aliphatic carbocycles. The average molecular weight is 487 g/mol. The van der Waals surface area contributed by atoms with Crippen molar-refractivity contribution in [2.45, 2.75) is 31.5 Å². The van der Waals surface area contributed by atoms with Crippen LogP contribution in [0, 0.1) is 6.92 Å². The molecule has 1 heterocycles. The molecule has 2 aromatic carbocycles. The second kappa shape index (κ2) is 12.3. The van der Waals surface area contributed by atoms with Crippen molar-refractivity contribution in [1.82, 2.24) is 14.8 Å². The predicted molar refractivity (Wildman–Crippen MR) is 133 cm³/mol. The van der Waals surface area contributed by atoms with E-state index >= 15 is 0 Å². The minimum Gasteiger partial charge on any atom is -0.497 e. The lowest BCUT2D eigenvalue weighted by molar-refractivity contribution is -0.113. The number of aryl methyl sites for hydroxylation is 2. The number of ether oxygens (including phenoxy) is 2. The van der Waals surface area contributed by atoms with Crippen LogP contribution in [0.15, 0.2) is 60.3 Å². The Morgan fingerprint density at radius 1 is 1.24 bits per heavy atom. The standard InChI is InChI=1S/C24H27ClN4O3S/c1-4-13-29-22(6-5-14-32-21-12-7-18(25)15-17(21)2)27-28-24(29)33-16-23(30)26-19-8-10-20(31-3)11-9-19/h4,7-12,15H,1,5-6,13-14,16H2,2-3H3,(H,26,30). The van der Waals surface area contributed by atoms with Crippen molar-refractivity contribution < 1.29 is 14.3 Å². The molecule has 3 aromatic rings. The van der Waals surface area contributed by atoms with Gasteiger partial charge in [0.25, 0.3) is 0 Å². The van der Waals surface area contributed by atoms with E-state index in [1.54, 1.807) is 37.5 Å². The topological polar surface area (TPSA) is 78.3 Å². The van der Waals surface area contributed by atoms with Crippen molar-refractivity contribution in [2.24, 2.45) is 0 Å². The van der Waals surface area contributed by atoms with Crippen LogP contribution < -0.4 is 14.8 Å². The molecule has 0 fully saturated rings. The highest BCUT2D eigenvalue weighted by molar-refractivity contribution is 7.99. The van der Waals surface area contributed by atoms with Gasteiger partial charge in [-0.05, 0) is 61.4 Å². The Labute approximate surface area is 203 Å². The summed E-state index contributed by atoms with van der Waals surface area (Å²) in [5.74, 6) is 2.50. The van der Waals surface area contributed by atoms with Gasteiger partial charge < -0.3 is 19.4 Å². The molecule has 0 saturated heterocycles. The number of carbonyl (C=O) groups excluding carboxylic acids is 1. The lowest BCUT2D eigenvalue weighted by atomic mass is 10.2. The number of rotatable bonds is 12. The molecule has 33 heavy (non-hydrogen) atoms. The number of thioether (sulfide) groups is 1. The van der Waals surface area contributed by atoms with Gasteiger partial charge in [0.05, 0.1) is 19.5 Å². The van der Waals surface area contributed by atoms with Crippen LogP contribution in [0.3, 0.4) is 0 Å². The SMILES string of the molecule is C=CCn1c(CCCOc2ccc(Cl)cc2C)nnc1SCC(=O)Nc1ccc(OC)cc1. The molecule has 0 bridgehead atoms. The minimum absolute atomic E-state index is 0.119. The molecule has 0 atom stereocenters. The first-order valence-corrected chi connectivity index (χ1v) is 11.8. The first-order valence-electron chi connectivity index (χ1n) is 10.5. The number of methoxy groups -OCH3 is 1. The maximum absolute atomic E-state index is 12.3. The highest BCUT2D eigenvalue weighted by Crippen LogP contribution is 2.23. The van der Waals surface area contributed by atoms with Gasteiger partial charge >= 0.3 is 0 Å². The number of nitrogens with zero attached hydrogens (tertiary/aromatic N) is 3. The number of amides is 1. The molecule has 7 nitrogen and oxygen atoms in total. The third-order valence-electron chi connectivity index (χ3n) is 4.75. The fraction of sp³-hybridized carbons (Fsp3) is 0.292. The van der Waals surface area contributed by atoms with Crippen LogP contribution in [-0.2, 0) is 17.8 Å². The molecule has 9 heteroatoms. The van der Waals surface area contributed by atoms with Gasteiger partial charge in [0.2, 0.25) is 5.91 Å². The summed E-state index contributed by atoms with van der Waals surface area (Å²) in [7, 11) is 1.60. The van der Waals surface area contributed by atoms with Gasteiger partial charge in [0, 0.05) is 23.7 Å². The molecule has 1 amide bonds. The number of nitrogens with one attached hydrogen (secondary N) is 1. The van der Waals surface area contributed by atoms with Gasteiger partial charge in [-0.3, -0.25) is 4.79 Å². The zero-order valence-corrected chi connectivity index (χ0v) is 20.3. The van der Waals surface area contributed by atoms with Crippen LogP contribution in [-0.4, -0.2) is 40.1 Å². The maximum atomic E-state index is 12.3. The molecule has 1 aromatic heterocycles. The van der Waals surface area contributed by atoms with Gasteiger partial charge in [-0.2, -0.15) is 0 Å². The second-order valence-electron chi connectivity index (χ2n) is 7.23. The Bertz CT molecular complexity index is 1090. The molecule has 0 aliphatic heterocycles. The van der Waals surface area contributed by atoms with Crippen LogP contribution >= 0.6 is 23.4 Å². The van der Waals surface area contributed by atoms with Crippen LogP contribution in [0.2, 0.25) is 5.02 Å². The molecule has 3 rings (SSSR count). The van der Waals surface area contributed by atoms with E-state index in [1.807, 2.05) is 29.7 Å². The smallest absolute Gasteiger partial charge is 0.234 e. The van der Waals surface area contributed by atoms with Crippen molar-refractivity contribution in [1.29, 1.82) is 0 Å². The van der Waals surface area contributed by atoms with E-state index in [0.29, 0.717) is 35.4 Å². The largest absolute Gasteiger partial charge is 0.497 e. The number of hydrogen-bond donors (Lipinski definition) is 1. The van der Waals surface area contributed by atoms with Crippen molar-refractivity contribution in [3.63, 3.8) is 0 Å². The number of carbonyl (C=O) groups is 1. The van der Waals surface area contributed by atoms with Crippen molar-refractivity contribution in [3.8, 4) is 11.5 Å². The Morgan fingerprint density at radius 2 is 2.03 bits per heavy atom. The van der Waals surface area contributed by atoms with Crippen LogP contribution in [0.5, 0.6) is 11.5 Å². The third kappa shape index (κ3) is 7.27. The molecular weight excluding hydrogens is 460 g/mol. The molecule has 1 N–H and O–H groups in total. The molecule has 0 spiro atoms. The summed E-state index contributed by atoms with van der Waals surface area (Å²) in [6.07, 6.45) is 3.27. The zero-order chi connectivity index (χ0) is 23.6. The summed E-state index contributed by atoms with van der Waals surface area (Å²) in [5, 5.41) is 12.8. The molecule has 0 aliphatic rings. The molecule has 0 radical (unpaired) electrons. The molecule has 174 valence electrons. The van der Waals surface area contributed by atoms with Crippen molar-refractivity contribution >= 4 is 35.0 Å². The normalized spacial score (nSPS) is 10.6. The first kappa shape index (κ1) is 24.7. The first-order chi connectivity index (χ1) is 16.0. The number of benzene rings is 2.